The summed E-state index contributed by atoms with van der Waals surface area (Å²) in [6, 6.07) is 9.84. The van der Waals surface area contributed by atoms with Gasteiger partial charge < -0.3 is 14.8 Å². The Labute approximate surface area is 167 Å². The topological polar surface area (TPSA) is 37.3 Å². The Morgan fingerprint density at radius 2 is 1.93 bits per heavy atom. The van der Waals surface area contributed by atoms with Crippen LogP contribution in [0.15, 0.2) is 42.6 Å². The van der Waals surface area contributed by atoms with E-state index < -0.39 is 0 Å². The lowest BCUT2D eigenvalue weighted by molar-refractivity contribution is 0.189. The van der Waals surface area contributed by atoms with Crippen molar-refractivity contribution < 1.29 is 9.18 Å². The van der Waals surface area contributed by atoms with Crippen LogP contribution >= 0.6 is 11.3 Å². The highest BCUT2D eigenvalue weighted by molar-refractivity contribution is 7.15. The van der Waals surface area contributed by atoms with E-state index in [0.29, 0.717) is 12.2 Å². The largest absolute Gasteiger partial charge is 0.322 e. The molecule has 3 aromatic rings. The van der Waals surface area contributed by atoms with Crippen LogP contribution in [0, 0.1) is 5.82 Å². The molecule has 0 spiro atoms. The molecule has 5 rings (SSSR count). The number of aromatic nitrogens is 1. The molecule has 0 unspecified atom stereocenters. The molecule has 144 valence electrons. The van der Waals surface area contributed by atoms with Gasteiger partial charge in [0.2, 0.25) is 0 Å². The summed E-state index contributed by atoms with van der Waals surface area (Å²) in [6.45, 7) is 2.66. The number of nitrogens with one attached hydrogen (secondary N) is 1. The van der Waals surface area contributed by atoms with E-state index in [9.17, 15) is 9.18 Å². The third-order valence-corrected chi connectivity index (χ3v) is 7.17. The molecule has 3 heterocycles. The van der Waals surface area contributed by atoms with Crippen molar-refractivity contribution in [1.82, 2.24) is 9.47 Å². The first kappa shape index (κ1) is 17.5. The Bertz CT molecular complexity index is 1040. The van der Waals surface area contributed by atoms with Crippen LogP contribution in [-0.4, -0.2) is 15.5 Å². The average Bonchev–Trinajstić information content (AvgIpc) is 3.29. The van der Waals surface area contributed by atoms with E-state index in [2.05, 4.69) is 35.1 Å². The fourth-order valence-electron chi connectivity index (χ4n) is 4.34. The van der Waals surface area contributed by atoms with Crippen molar-refractivity contribution in [2.75, 3.05) is 5.32 Å². The molecular weight excluding hydrogens is 373 g/mol. The number of benzene rings is 1. The second-order valence-corrected chi connectivity index (χ2v) is 8.62. The van der Waals surface area contributed by atoms with Crippen LogP contribution in [0.4, 0.5) is 14.9 Å². The van der Waals surface area contributed by atoms with Gasteiger partial charge in [0.05, 0.1) is 12.6 Å². The lowest BCUT2D eigenvalue weighted by Gasteiger charge is -2.28. The minimum absolute atomic E-state index is 0.0608. The number of carbonyl (C=O) groups is 1. The molecule has 1 N–H and O–H groups in total. The summed E-state index contributed by atoms with van der Waals surface area (Å²) in [7, 11) is 0. The van der Waals surface area contributed by atoms with E-state index >= 15 is 0 Å². The number of halogens is 1. The molecule has 4 nitrogen and oxygen atoms in total. The molecule has 1 atom stereocenters. The Kier molecular flexibility index (Phi) is 4.23. The molecule has 1 aliphatic heterocycles. The van der Waals surface area contributed by atoms with Crippen molar-refractivity contribution in [3.8, 4) is 5.00 Å². The molecule has 0 saturated heterocycles. The highest BCUT2D eigenvalue weighted by Crippen LogP contribution is 2.42. The summed E-state index contributed by atoms with van der Waals surface area (Å²) < 4.78 is 15.4. The molecule has 0 saturated carbocycles. The minimum Gasteiger partial charge on any atom is -0.312 e. The number of rotatable bonds is 1. The van der Waals surface area contributed by atoms with Gasteiger partial charge in [0.15, 0.2) is 0 Å². The van der Waals surface area contributed by atoms with E-state index in [1.165, 1.54) is 46.0 Å². The summed E-state index contributed by atoms with van der Waals surface area (Å²) >= 11 is 1.88. The average molecular weight is 396 g/mol. The highest BCUT2D eigenvalue weighted by atomic mass is 32.1. The maximum Gasteiger partial charge on any atom is 0.322 e. The van der Waals surface area contributed by atoms with E-state index in [0.717, 1.165) is 18.5 Å². The molecular formula is C22H22FN3OS. The summed E-state index contributed by atoms with van der Waals surface area (Å²) in [5.41, 5.74) is 4.45. The Morgan fingerprint density at radius 3 is 2.75 bits per heavy atom. The zero-order valence-electron chi connectivity index (χ0n) is 15.7. The van der Waals surface area contributed by atoms with Crippen LogP contribution in [0.2, 0.25) is 0 Å². The molecule has 1 aromatic carbocycles. The van der Waals surface area contributed by atoms with Gasteiger partial charge in [-0.3, -0.25) is 0 Å². The van der Waals surface area contributed by atoms with Crippen molar-refractivity contribution in [2.45, 2.75) is 45.2 Å². The van der Waals surface area contributed by atoms with Crippen molar-refractivity contribution in [1.29, 1.82) is 0 Å². The first-order chi connectivity index (χ1) is 13.6. The van der Waals surface area contributed by atoms with Gasteiger partial charge in [-0.05, 0) is 74.6 Å². The molecule has 2 aromatic heterocycles. The van der Waals surface area contributed by atoms with E-state index in [4.69, 9.17) is 0 Å². The highest BCUT2D eigenvalue weighted by Gasteiger charge is 2.32. The second-order valence-electron chi connectivity index (χ2n) is 7.54. The number of carbonyl (C=O) groups excluding carboxylic acids is 1. The Balaban J connectivity index is 1.54. The van der Waals surface area contributed by atoms with Crippen LogP contribution in [0.3, 0.4) is 0 Å². The summed E-state index contributed by atoms with van der Waals surface area (Å²) in [5, 5.41) is 4.20. The quantitative estimate of drug-likeness (QED) is 0.567. The van der Waals surface area contributed by atoms with Crippen molar-refractivity contribution in [3.05, 3.63) is 70.1 Å². The first-order valence-electron chi connectivity index (χ1n) is 9.76. The Hall–Kier alpha value is -2.60. The minimum atomic E-state index is -0.312. The predicted octanol–water partition coefficient (Wildman–Crippen LogP) is 5.67. The van der Waals surface area contributed by atoms with Gasteiger partial charge in [0, 0.05) is 28.0 Å². The number of hydrogen-bond acceptors (Lipinski definition) is 2. The normalized spacial score (nSPS) is 18.1. The lowest BCUT2D eigenvalue weighted by Crippen LogP contribution is -2.36. The number of amides is 2. The number of urea groups is 1. The zero-order chi connectivity index (χ0) is 19.3. The molecule has 28 heavy (non-hydrogen) atoms. The number of nitrogens with zero attached hydrogens (tertiary/aromatic N) is 2. The van der Waals surface area contributed by atoms with Gasteiger partial charge in [0.25, 0.3) is 0 Å². The molecule has 6 heteroatoms. The molecule has 0 fully saturated rings. The van der Waals surface area contributed by atoms with Crippen LogP contribution < -0.4 is 5.32 Å². The predicted molar refractivity (Wildman–Crippen MR) is 110 cm³/mol. The molecule has 2 amide bonds. The monoisotopic (exact) mass is 395 g/mol. The summed E-state index contributed by atoms with van der Waals surface area (Å²) in [5.74, 6) is -0.312. The standard InChI is InChI=1S/C22H22FN3OS/c1-14-19-6-4-12-25(19)21-18(17-5-2-3-7-20(17)28-21)13-26(14)22(27)24-16-10-8-15(23)9-11-16/h4,6,8-12,14H,2-3,5,7,13H2,1H3,(H,24,27)/t14-/m0/s1. The summed E-state index contributed by atoms with van der Waals surface area (Å²) in [4.78, 5) is 16.5. The maximum atomic E-state index is 13.2. The summed E-state index contributed by atoms with van der Waals surface area (Å²) in [6.07, 6.45) is 6.80. The van der Waals surface area contributed by atoms with Crippen molar-refractivity contribution in [3.63, 3.8) is 0 Å². The van der Waals surface area contributed by atoms with E-state index in [-0.39, 0.29) is 17.9 Å². The molecule has 1 aliphatic carbocycles. The third kappa shape index (κ3) is 2.83. The Morgan fingerprint density at radius 1 is 1.14 bits per heavy atom. The number of thiophene rings is 1. The van der Waals surface area contributed by atoms with Crippen LogP contribution in [0.5, 0.6) is 0 Å². The van der Waals surface area contributed by atoms with Gasteiger partial charge in [-0.25, -0.2) is 9.18 Å². The number of anilines is 1. The van der Waals surface area contributed by atoms with Crippen molar-refractivity contribution in [2.24, 2.45) is 0 Å². The number of aryl methyl sites for hydroxylation is 1. The molecule has 2 aliphatic rings. The zero-order valence-corrected chi connectivity index (χ0v) is 16.6. The fourth-order valence-corrected chi connectivity index (χ4v) is 5.74. The SMILES string of the molecule is C[C@H]1c2cccn2-c2sc3c(c2CN1C(=O)Nc1ccc(F)cc1)CCCC3. The first-order valence-corrected chi connectivity index (χ1v) is 10.6. The maximum absolute atomic E-state index is 13.2. The van der Waals surface area contributed by atoms with E-state index in [1.807, 2.05) is 16.2 Å². The number of hydrogen-bond donors (Lipinski definition) is 1. The molecule has 0 radical (unpaired) electrons. The van der Waals surface area contributed by atoms with E-state index in [1.54, 1.807) is 12.1 Å². The third-order valence-electron chi connectivity index (χ3n) is 5.84. The van der Waals surface area contributed by atoms with Gasteiger partial charge >= 0.3 is 6.03 Å². The van der Waals surface area contributed by atoms with Gasteiger partial charge in [-0.2, -0.15) is 0 Å². The smallest absolute Gasteiger partial charge is 0.312 e. The van der Waals surface area contributed by atoms with Crippen LogP contribution in [0.25, 0.3) is 5.00 Å². The van der Waals surface area contributed by atoms with Gasteiger partial charge in [-0.15, -0.1) is 11.3 Å². The molecule has 0 bridgehead atoms. The van der Waals surface area contributed by atoms with Crippen molar-refractivity contribution >= 4 is 23.1 Å². The van der Waals surface area contributed by atoms with Crippen LogP contribution in [-0.2, 0) is 19.4 Å². The van der Waals surface area contributed by atoms with Gasteiger partial charge in [-0.1, -0.05) is 0 Å². The van der Waals surface area contributed by atoms with Gasteiger partial charge in [0.1, 0.15) is 10.8 Å². The lowest BCUT2D eigenvalue weighted by atomic mass is 9.95. The second kappa shape index (κ2) is 6.78. The van der Waals surface area contributed by atoms with Crippen LogP contribution in [0.1, 0.15) is 47.5 Å². The number of fused-ring (bicyclic) bond motifs is 5. The fraction of sp³-hybridized carbons (Fsp3) is 0.318.